The van der Waals surface area contributed by atoms with E-state index in [0.29, 0.717) is 0 Å². The van der Waals surface area contributed by atoms with Crippen molar-refractivity contribution in [2.24, 2.45) is 34.0 Å². The van der Waals surface area contributed by atoms with Crippen molar-refractivity contribution in [1.29, 1.82) is 0 Å². The summed E-state index contributed by atoms with van der Waals surface area (Å²) in [5.74, 6) is -0.0988. The SMILES string of the molecule is COCOC1C[C@@](C)(C=CC(F)(F)F)C(=O)[C@H](C)C23CCC(OC)C2[C@@]1(C)[C@H](C)CC3. The molecule has 0 heterocycles. The van der Waals surface area contributed by atoms with Crippen LogP contribution in [-0.4, -0.2) is 45.2 Å². The summed E-state index contributed by atoms with van der Waals surface area (Å²) in [7, 11) is 3.25. The van der Waals surface area contributed by atoms with Crippen LogP contribution in [0.3, 0.4) is 0 Å². The molecule has 0 spiro atoms. The summed E-state index contributed by atoms with van der Waals surface area (Å²) < 4.78 is 56.6. The number of ketones is 1. The molecule has 0 aromatic heterocycles. The van der Waals surface area contributed by atoms with Gasteiger partial charge in [0.15, 0.2) is 0 Å². The summed E-state index contributed by atoms with van der Waals surface area (Å²) in [6.45, 7) is 8.01. The lowest BCUT2D eigenvalue weighted by Gasteiger charge is -2.62. The highest BCUT2D eigenvalue weighted by Gasteiger charge is 2.68. The molecule has 0 N–H and O–H groups in total. The maximum atomic E-state index is 13.8. The van der Waals surface area contributed by atoms with E-state index < -0.39 is 17.7 Å². The van der Waals surface area contributed by atoms with Gasteiger partial charge in [-0.25, -0.2) is 0 Å². The molecule has 31 heavy (non-hydrogen) atoms. The number of halogens is 3. The van der Waals surface area contributed by atoms with Gasteiger partial charge in [0.05, 0.1) is 12.2 Å². The molecule has 3 fully saturated rings. The topological polar surface area (TPSA) is 44.8 Å². The van der Waals surface area contributed by atoms with E-state index in [1.807, 2.05) is 6.92 Å². The molecule has 0 aromatic carbocycles. The monoisotopic (exact) mass is 446 g/mol. The van der Waals surface area contributed by atoms with E-state index in [2.05, 4.69) is 13.8 Å². The third-order valence-electron chi connectivity index (χ3n) is 9.11. The minimum Gasteiger partial charge on any atom is -0.381 e. The Morgan fingerprint density at radius 1 is 1.13 bits per heavy atom. The summed E-state index contributed by atoms with van der Waals surface area (Å²) in [5, 5.41) is 0. The van der Waals surface area contributed by atoms with Crippen molar-refractivity contribution < 1.29 is 32.2 Å². The minimum atomic E-state index is -4.47. The average Bonchev–Trinajstić information content (AvgIpc) is 3.11. The van der Waals surface area contributed by atoms with Crippen LogP contribution in [0.4, 0.5) is 13.2 Å². The second-order valence-corrected chi connectivity index (χ2v) is 10.5. The van der Waals surface area contributed by atoms with Gasteiger partial charge in [-0.2, -0.15) is 13.2 Å². The predicted octanol–water partition coefficient (Wildman–Crippen LogP) is 5.56. The highest BCUT2D eigenvalue weighted by Crippen LogP contribution is 2.68. The van der Waals surface area contributed by atoms with Gasteiger partial charge in [0.1, 0.15) is 12.6 Å². The molecular weight excluding hydrogens is 409 g/mol. The molecule has 2 bridgehead atoms. The fourth-order valence-corrected chi connectivity index (χ4v) is 7.26. The Balaban J connectivity index is 2.19. The molecule has 4 unspecified atom stereocenters. The fraction of sp³-hybridized carbons (Fsp3) is 0.875. The van der Waals surface area contributed by atoms with Crippen molar-refractivity contribution in [2.45, 2.75) is 78.2 Å². The third kappa shape index (κ3) is 3.99. The number of carbonyl (C=O) groups is 1. The van der Waals surface area contributed by atoms with Crippen molar-refractivity contribution >= 4 is 5.78 Å². The number of ether oxygens (including phenoxy) is 3. The van der Waals surface area contributed by atoms with Gasteiger partial charge in [-0.3, -0.25) is 4.79 Å². The maximum Gasteiger partial charge on any atom is 0.409 e. The lowest BCUT2D eigenvalue weighted by atomic mass is 9.44. The van der Waals surface area contributed by atoms with Gasteiger partial charge in [0.25, 0.3) is 0 Å². The standard InChI is InChI=1S/C24H37F3O4/c1-15-7-9-23-10-8-17(30-6)19(23)22(15,4)18(31-14-29-5)13-21(3,20(28)16(23)2)11-12-24(25,26)27/h11-12,15-19H,7-10,13-14H2,1-6H3/t15-,16+,17?,18?,19?,21-,22+,23?/m1/s1. The summed E-state index contributed by atoms with van der Waals surface area (Å²) >= 11 is 0. The first-order valence-electron chi connectivity index (χ1n) is 11.3. The second-order valence-electron chi connectivity index (χ2n) is 10.5. The van der Waals surface area contributed by atoms with E-state index in [4.69, 9.17) is 14.2 Å². The molecule has 4 nitrogen and oxygen atoms in total. The van der Waals surface area contributed by atoms with Crippen LogP contribution in [0.1, 0.15) is 59.8 Å². The Bertz CT molecular complexity index is 707. The highest BCUT2D eigenvalue weighted by molar-refractivity contribution is 5.89. The maximum absolute atomic E-state index is 13.8. The summed E-state index contributed by atoms with van der Waals surface area (Å²) in [6, 6.07) is 0. The van der Waals surface area contributed by atoms with E-state index in [9.17, 15) is 18.0 Å². The number of rotatable bonds is 5. The first kappa shape index (κ1) is 24.7. The van der Waals surface area contributed by atoms with E-state index in [0.717, 1.165) is 31.8 Å². The quantitative estimate of drug-likeness (QED) is 0.410. The zero-order valence-electron chi connectivity index (χ0n) is 19.6. The molecule has 0 aliphatic heterocycles. The van der Waals surface area contributed by atoms with E-state index in [1.165, 1.54) is 7.11 Å². The van der Waals surface area contributed by atoms with Gasteiger partial charge < -0.3 is 14.2 Å². The van der Waals surface area contributed by atoms with E-state index >= 15 is 0 Å². The van der Waals surface area contributed by atoms with Crippen LogP contribution in [0.5, 0.6) is 0 Å². The Morgan fingerprint density at radius 2 is 1.77 bits per heavy atom. The molecular formula is C24H37F3O4. The molecule has 0 aromatic rings. The molecule has 178 valence electrons. The smallest absolute Gasteiger partial charge is 0.381 e. The van der Waals surface area contributed by atoms with Crippen molar-refractivity contribution in [1.82, 2.24) is 0 Å². The Labute approximate surface area is 183 Å². The van der Waals surface area contributed by atoms with Gasteiger partial charge in [-0.05, 0) is 56.3 Å². The van der Waals surface area contributed by atoms with Crippen LogP contribution >= 0.6 is 0 Å². The first-order valence-corrected chi connectivity index (χ1v) is 11.3. The molecule has 7 heteroatoms. The van der Waals surface area contributed by atoms with Crippen LogP contribution in [0.25, 0.3) is 0 Å². The van der Waals surface area contributed by atoms with Crippen LogP contribution < -0.4 is 0 Å². The van der Waals surface area contributed by atoms with E-state index in [1.54, 1.807) is 14.0 Å². The lowest BCUT2D eigenvalue weighted by molar-refractivity contribution is -0.217. The van der Waals surface area contributed by atoms with Crippen molar-refractivity contribution in [3.05, 3.63) is 12.2 Å². The average molecular weight is 447 g/mol. The number of alkyl halides is 3. The third-order valence-corrected chi connectivity index (χ3v) is 9.11. The zero-order chi connectivity index (χ0) is 23.2. The first-order chi connectivity index (χ1) is 14.4. The number of allylic oxidation sites excluding steroid dienone is 2. The van der Waals surface area contributed by atoms with Gasteiger partial charge in [-0.15, -0.1) is 0 Å². The summed E-state index contributed by atoms with van der Waals surface area (Å²) in [4.78, 5) is 13.8. The Kier molecular flexibility index (Phi) is 6.74. The Hall–Kier alpha value is -0.920. The van der Waals surface area contributed by atoms with Crippen molar-refractivity contribution in [2.75, 3.05) is 21.0 Å². The Morgan fingerprint density at radius 3 is 2.35 bits per heavy atom. The van der Waals surface area contributed by atoms with E-state index in [-0.39, 0.29) is 59.8 Å². The number of hydrogen-bond acceptors (Lipinski definition) is 4. The molecule has 3 aliphatic carbocycles. The zero-order valence-corrected chi connectivity index (χ0v) is 19.6. The van der Waals surface area contributed by atoms with Crippen molar-refractivity contribution in [3.8, 4) is 0 Å². The predicted molar refractivity (Wildman–Crippen MR) is 111 cm³/mol. The normalized spacial score (nSPS) is 46.1. The molecule has 3 saturated carbocycles. The summed E-state index contributed by atoms with van der Waals surface area (Å²) in [6.07, 6.45) is 0.133. The number of carbonyl (C=O) groups excluding carboxylic acids is 1. The molecule has 3 rings (SSSR count). The highest BCUT2D eigenvalue weighted by atomic mass is 19.4. The largest absolute Gasteiger partial charge is 0.409 e. The van der Waals surface area contributed by atoms with Gasteiger partial charge >= 0.3 is 6.18 Å². The van der Waals surface area contributed by atoms with Crippen LogP contribution in [0.2, 0.25) is 0 Å². The van der Waals surface area contributed by atoms with Crippen LogP contribution in [-0.2, 0) is 19.0 Å². The molecule has 3 aliphatic rings. The molecule has 0 saturated heterocycles. The lowest BCUT2D eigenvalue weighted by Crippen LogP contribution is -2.62. The second kappa shape index (κ2) is 8.45. The van der Waals surface area contributed by atoms with Crippen LogP contribution in [0.15, 0.2) is 12.2 Å². The molecule has 0 amide bonds. The fourth-order valence-electron chi connectivity index (χ4n) is 7.26. The van der Waals surface area contributed by atoms with Gasteiger partial charge in [0, 0.05) is 37.0 Å². The van der Waals surface area contributed by atoms with Crippen molar-refractivity contribution in [3.63, 3.8) is 0 Å². The molecule has 0 radical (unpaired) electrons. The van der Waals surface area contributed by atoms with Gasteiger partial charge in [0.2, 0.25) is 0 Å². The number of hydrogen-bond donors (Lipinski definition) is 0. The minimum absolute atomic E-state index is 0.00622. The van der Waals surface area contributed by atoms with Gasteiger partial charge in [-0.1, -0.05) is 26.8 Å². The summed E-state index contributed by atoms with van der Waals surface area (Å²) in [5.41, 5.74) is -1.91. The number of methoxy groups -OCH3 is 2. The number of Topliss-reactive ketones (excluding diaryl/α,β-unsaturated/α-hetero) is 1. The molecule has 8 atom stereocenters. The van der Waals surface area contributed by atoms with Crippen LogP contribution in [0, 0.1) is 34.0 Å².